The molecule has 2 aromatic rings. The maximum atomic E-state index is 13.5. The third-order valence-corrected chi connectivity index (χ3v) is 7.37. The predicted octanol–water partition coefficient (Wildman–Crippen LogP) is 3.38. The number of ether oxygens (including phenoxy) is 3. The van der Waals surface area contributed by atoms with Gasteiger partial charge in [-0.1, -0.05) is 17.7 Å². The molecule has 2 aliphatic rings. The van der Waals surface area contributed by atoms with Crippen molar-refractivity contribution >= 4 is 46.6 Å². The lowest BCUT2D eigenvalue weighted by Gasteiger charge is -2.23. The topological polar surface area (TPSA) is 153 Å². The minimum absolute atomic E-state index is 0.0328. The summed E-state index contributed by atoms with van der Waals surface area (Å²) in [6, 6.07) is 12.4. The van der Waals surface area contributed by atoms with Crippen LogP contribution in [0.3, 0.4) is 0 Å². The van der Waals surface area contributed by atoms with Gasteiger partial charge in [-0.2, -0.15) is 0 Å². The normalized spacial score (nSPS) is 17.1. The largest absolute Gasteiger partial charge is 0.481 e. The van der Waals surface area contributed by atoms with Gasteiger partial charge in [0.05, 0.1) is 41.9 Å². The average Bonchev–Trinajstić information content (AvgIpc) is 3.31. The molecular weight excluding hydrogens is 592 g/mol. The molecule has 242 valence electrons. The second-order valence-electron chi connectivity index (χ2n) is 10.9. The Balaban J connectivity index is 1.63. The van der Waals surface area contributed by atoms with E-state index < -0.39 is 35.7 Å². The van der Waals surface area contributed by atoms with Crippen molar-refractivity contribution in [3.63, 3.8) is 0 Å². The zero-order valence-electron chi connectivity index (χ0n) is 26.8. The number of anilines is 1. The average molecular weight is 631 g/mol. The molecule has 0 radical (unpaired) electrons. The number of hydrogen-bond donors (Lipinski definition) is 2. The van der Waals surface area contributed by atoms with E-state index in [0.29, 0.717) is 22.7 Å². The fourth-order valence-electron chi connectivity index (χ4n) is 4.92. The maximum absolute atomic E-state index is 13.5. The predicted molar refractivity (Wildman–Crippen MR) is 171 cm³/mol. The molecule has 46 heavy (non-hydrogen) atoms. The van der Waals surface area contributed by atoms with Crippen molar-refractivity contribution in [1.29, 1.82) is 0 Å². The summed E-state index contributed by atoms with van der Waals surface area (Å²) in [5.41, 5.74) is 3.52. The van der Waals surface area contributed by atoms with Crippen LogP contribution in [0.5, 0.6) is 5.75 Å². The summed E-state index contributed by atoms with van der Waals surface area (Å²) < 4.78 is 15.9. The van der Waals surface area contributed by atoms with Crippen LogP contribution in [0, 0.1) is 19.8 Å². The highest BCUT2D eigenvalue weighted by Crippen LogP contribution is 2.32. The van der Waals surface area contributed by atoms with Crippen LogP contribution >= 0.6 is 0 Å². The Bertz CT molecular complexity index is 1620. The van der Waals surface area contributed by atoms with Crippen molar-refractivity contribution in [1.82, 2.24) is 10.6 Å². The van der Waals surface area contributed by atoms with Crippen molar-refractivity contribution in [3.8, 4) is 5.75 Å². The monoisotopic (exact) mass is 630 g/mol. The maximum Gasteiger partial charge on any atom is 0.325 e. The Kier molecular flexibility index (Phi) is 10.7. The number of esters is 2. The summed E-state index contributed by atoms with van der Waals surface area (Å²) in [6.45, 7) is 10.4. The van der Waals surface area contributed by atoms with Gasteiger partial charge in [-0.3, -0.25) is 24.0 Å². The lowest BCUT2D eigenvalue weighted by atomic mass is 9.90. The third-order valence-electron chi connectivity index (χ3n) is 7.37. The summed E-state index contributed by atoms with van der Waals surface area (Å²) >= 11 is 0. The number of benzene rings is 2. The molecule has 0 bridgehead atoms. The summed E-state index contributed by atoms with van der Waals surface area (Å²) in [7, 11) is 0. The number of allylic oxidation sites excluding steroid dienone is 2. The second kappa shape index (κ2) is 14.7. The van der Waals surface area contributed by atoms with Crippen LogP contribution in [0.15, 0.2) is 70.5 Å². The lowest BCUT2D eigenvalue weighted by molar-refractivity contribution is -0.142. The molecule has 0 fully saturated rings. The first-order valence-corrected chi connectivity index (χ1v) is 15.0. The quantitative estimate of drug-likeness (QED) is 0.266. The Labute approximate surface area is 267 Å². The van der Waals surface area contributed by atoms with E-state index in [4.69, 9.17) is 19.2 Å². The van der Waals surface area contributed by atoms with Crippen molar-refractivity contribution in [2.75, 3.05) is 31.2 Å². The van der Waals surface area contributed by atoms with E-state index in [1.165, 1.54) is 6.08 Å². The van der Waals surface area contributed by atoms with Gasteiger partial charge in [0, 0.05) is 11.3 Å². The zero-order valence-corrected chi connectivity index (χ0v) is 26.8. The van der Waals surface area contributed by atoms with Gasteiger partial charge >= 0.3 is 11.9 Å². The Morgan fingerprint density at radius 3 is 2.20 bits per heavy atom. The SMILES string of the molecule is CCOC(=O)CN(CC(=O)OCC)c1ccc(N=C2C=C(NC(=O)C(C)Oc3ccc(C)cc3)C(=O)C3=C2NC(=O)C3C)c(C)c1. The Morgan fingerprint density at radius 1 is 0.978 bits per heavy atom. The van der Waals surface area contributed by atoms with Gasteiger partial charge in [0.15, 0.2) is 6.10 Å². The summed E-state index contributed by atoms with van der Waals surface area (Å²) in [6.07, 6.45) is 0.506. The molecule has 12 heteroatoms. The van der Waals surface area contributed by atoms with Gasteiger partial charge in [-0.25, -0.2) is 4.99 Å². The van der Waals surface area contributed by atoms with Crippen LogP contribution in [-0.2, 0) is 33.4 Å². The number of carbonyl (C=O) groups excluding carboxylic acids is 5. The minimum Gasteiger partial charge on any atom is -0.481 e. The zero-order chi connectivity index (χ0) is 33.5. The number of amides is 2. The smallest absolute Gasteiger partial charge is 0.325 e. The number of ketones is 1. The molecular formula is C34H38N4O8. The van der Waals surface area contributed by atoms with E-state index in [1.807, 2.05) is 19.1 Å². The number of Topliss-reactive ketones (excluding diaryl/α,β-unsaturated/α-hetero) is 1. The lowest BCUT2D eigenvalue weighted by Crippen LogP contribution is -2.40. The van der Waals surface area contributed by atoms with Crippen molar-refractivity contribution in [2.45, 2.75) is 47.6 Å². The van der Waals surface area contributed by atoms with Gasteiger partial charge in [0.2, 0.25) is 11.7 Å². The molecule has 2 unspecified atom stereocenters. The second-order valence-corrected chi connectivity index (χ2v) is 10.9. The first kappa shape index (κ1) is 33.6. The summed E-state index contributed by atoms with van der Waals surface area (Å²) in [5, 5.41) is 5.41. The molecule has 0 saturated carbocycles. The number of nitrogens with one attached hydrogen (secondary N) is 2. The van der Waals surface area contributed by atoms with Crippen molar-refractivity contribution in [2.24, 2.45) is 10.9 Å². The highest BCUT2D eigenvalue weighted by atomic mass is 16.5. The molecule has 1 aliphatic carbocycles. The molecule has 12 nitrogen and oxygen atoms in total. The van der Waals surface area contributed by atoms with Gasteiger partial charge in [0.25, 0.3) is 5.91 Å². The van der Waals surface area contributed by atoms with E-state index in [2.05, 4.69) is 10.6 Å². The van der Waals surface area contributed by atoms with Crippen LogP contribution in [0.2, 0.25) is 0 Å². The van der Waals surface area contributed by atoms with E-state index >= 15 is 0 Å². The number of rotatable bonds is 12. The highest BCUT2D eigenvalue weighted by Gasteiger charge is 2.40. The van der Waals surface area contributed by atoms with Gasteiger partial charge in [-0.15, -0.1) is 0 Å². The van der Waals surface area contributed by atoms with Crippen molar-refractivity contribution in [3.05, 3.63) is 76.6 Å². The molecule has 0 saturated heterocycles. The minimum atomic E-state index is -0.921. The fourth-order valence-corrected chi connectivity index (χ4v) is 4.92. The molecule has 2 amide bonds. The number of nitrogens with zero attached hydrogens (tertiary/aromatic N) is 2. The van der Waals surface area contributed by atoms with Crippen LogP contribution in [-0.4, -0.2) is 67.7 Å². The van der Waals surface area contributed by atoms with E-state index in [9.17, 15) is 24.0 Å². The summed E-state index contributed by atoms with van der Waals surface area (Å²) in [4.78, 5) is 70.0. The molecule has 2 N–H and O–H groups in total. The Morgan fingerprint density at radius 2 is 1.61 bits per heavy atom. The molecule has 1 heterocycles. The van der Waals surface area contributed by atoms with Crippen LogP contribution < -0.4 is 20.3 Å². The number of carbonyl (C=O) groups is 5. The molecule has 0 aromatic heterocycles. The number of hydrogen-bond acceptors (Lipinski definition) is 10. The first-order valence-electron chi connectivity index (χ1n) is 15.0. The third kappa shape index (κ3) is 7.87. The number of aliphatic imine (C=N–C) groups is 1. The van der Waals surface area contributed by atoms with E-state index in [0.717, 1.165) is 5.56 Å². The van der Waals surface area contributed by atoms with Crippen LogP contribution in [0.25, 0.3) is 0 Å². The fraction of sp³-hybridized carbons (Fsp3) is 0.353. The van der Waals surface area contributed by atoms with E-state index in [-0.39, 0.29) is 54.9 Å². The van der Waals surface area contributed by atoms with Crippen LogP contribution in [0.4, 0.5) is 11.4 Å². The molecule has 0 spiro atoms. The van der Waals surface area contributed by atoms with Gasteiger partial charge in [0.1, 0.15) is 18.8 Å². The van der Waals surface area contributed by atoms with Gasteiger partial charge < -0.3 is 29.7 Å². The van der Waals surface area contributed by atoms with Crippen molar-refractivity contribution < 1.29 is 38.2 Å². The highest BCUT2D eigenvalue weighted by molar-refractivity contribution is 6.29. The first-order chi connectivity index (χ1) is 21.9. The Hall–Kier alpha value is -5.26. The molecule has 1 aliphatic heterocycles. The molecule has 2 aromatic carbocycles. The molecule has 4 rings (SSSR count). The van der Waals surface area contributed by atoms with Crippen LogP contribution in [0.1, 0.15) is 38.8 Å². The molecule has 2 atom stereocenters. The summed E-state index contributed by atoms with van der Waals surface area (Å²) in [5.74, 6) is -2.63. The van der Waals surface area contributed by atoms with E-state index in [1.54, 1.807) is 69.9 Å². The van der Waals surface area contributed by atoms with Gasteiger partial charge in [-0.05, 0) is 83.5 Å². The standard InChI is InChI=1S/C34H38N4O8/c1-7-44-28(39)17-38(18-29(40)45-8-2)23-11-14-25(20(4)15-23)35-26-16-27(32(41)30-21(5)33(42)37-31(26)30)36-34(43)22(6)46-24-12-9-19(3)10-13-24/h9-16,21-22H,7-8,17-18H2,1-6H3,(H,36,43)(H,37,42). The number of aryl methyl sites for hydroxylation is 2.